The quantitative estimate of drug-likeness (QED) is 0.740. The Labute approximate surface area is 162 Å². The van der Waals surface area contributed by atoms with Crippen LogP contribution < -0.4 is 14.5 Å². The molecule has 7 heteroatoms. The first-order valence-electron chi connectivity index (χ1n) is 9.31. The van der Waals surface area contributed by atoms with Gasteiger partial charge in [0.05, 0.1) is 36.9 Å². The van der Waals surface area contributed by atoms with E-state index in [0.717, 1.165) is 46.3 Å². The topological polar surface area (TPSA) is 78.8 Å². The number of hydrogen-bond donors (Lipinski definition) is 1. The molecule has 0 saturated heterocycles. The van der Waals surface area contributed by atoms with Gasteiger partial charge in [-0.1, -0.05) is 12.1 Å². The van der Waals surface area contributed by atoms with Crippen molar-refractivity contribution < 1.29 is 14.6 Å². The Morgan fingerprint density at radius 1 is 1.14 bits per heavy atom. The second kappa shape index (κ2) is 6.45. The van der Waals surface area contributed by atoms with Crippen LogP contribution in [-0.4, -0.2) is 34.3 Å². The highest BCUT2D eigenvalue weighted by Crippen LogP contribution is 2.43. The van der Waals surface area contributed by atoms with Gasteiger partial charge in [0.15, 0.2) is 0 Å². The van der Waals surface area contributed by atoms with Crippen LogP contribution in [0.3, 0.4) is 0 Å². The zero-order valence-corrected chi connectivity index (χ0v) is 15.5. The molecule has 0 spiro atoms. The van der Waals surface area contributed by atoms with Crippen LogP contribution in [-0.2, 0) is 13.2 Å². The lowest BCUT2D eigenvalue weighted by Gasteiger charge is -2.36. The summed E-state index contributed by atoms with van der Waals surface area (Å²) >= 11 is 0. The number of aromatic nitrogens is 2. The summed E-state index contributed by atoms with van der Waals surface area (Å²) in [6.07, 6.45) is 3.46. The summed E-state index contributed by atoms with van der Waals surface area (Å²) < 4.78 is 5.23. The van der Waals surface area contributed by atoms with E-state index in [4.69, 9.17) is 4.74 Å². The zero-order valence-electron chi connectivity index (χ0n) is 15.5. The molecule has 1 fully saturated rings. The molecular weight excluding hydrogens is 356 g/mol. The number of carbonyl (C=O) groups is 1. The molecule has 2 heterocycles. The first-order valence-corrected chi connectivity index (χ1v) is 9.31. The summed E-state index contributed by atoms with van der Waals surface area (Å²) in [6, 6.07) is 11.5. The summed E-state index contributed by atoms with van der Waals surface area (Å²) in [6.45, 7) is 0.309. The number of anilines is 2. The van der Waals surface area contributed by atoms with Crippen LogP contribution in [0.15, 0.2) is 42.7 Å². The molecular formula is C21H20N4O3. The van der Waals surface area contributed by atoms with Gasteiger partial charge in [-0.3, -0.25) is 9.80 Å². The number of hydrogen-bond acceptors (Lipinski definition) is 5. The van der Waals surface area contributed by atoms with Gasteiger partial charge in [-0.2, -0.15) is 0 Å². The number of rotatable bonds is 5. The molecule has 0 radical (unpaired) electrons. The lowest BCUT2D eigenvalue weighted by molar-refractivity contribution is 0.250. The maximum atomic E-state index is 13.4. The van der Waals surface area contributed by atoms with Gasteiger partial charge in [-0.15, -0.1) is 0 Å². The zero-order chi connectivity index (χ0) is 19.3. The molecule has 0 atom stereocenters. The highest BCUT2D eigenvalue weighted by molar-refractivity contribution is 6.18. The SMILES string of the molecule is COc1ccc(CN2C(=O)N(C3CC3)c3ncnc4cc(CO)cc2c34)cc1. The lowest BCUT2D eigenvalue weighted by atomic mass is 10.1. The van der Waals surface area contributed by atoms with Gasteiger partial charge in [0.1, 0.15) is 17.9 Å². The monoisotopic (exact) mass is 376 g/mol. The van der Waals surface area contributed by atoms with Crippen LogP contribution in [0.2, 0.25) is 0 Å². The summed E-state index contributed by atoms with van der Waals surface area (Å²) in [7, 11) is 1.63. The number of urea groups is 1. The van der Waals surface area contributed by atoms with Crippen molar-refractivity contribution >= 4 is 28.4 Å². The number of amides is 2. The van der Waals surface area contributed by atoms with Gasteiger partial charge in [-0.25, -0.2) is 14.8 Å². The first-order chi connectivity index (χ1) is 13.7. The van der Waals surface area contributed by atoms with E-state index in [0.29, 0.717) is 12.4 Å². The van der Waals surface area contributed by atoms with Crippen molar-refractivity contribution in [3.8, 4) is 5.75 Å². The van der Waals surface area contributed by atoms with Crippen LogP contribution >= 0.6 is 0 Å². The van der Waals surface area contributed by atoms with Crippen molar-refractivity contribution in [3.05, 3.63) is 53.9 Å². The summed E-state index contributed by atoms with van der Waals surface area (Å²) in [4.78, 5) is 25.8. The summed E-state index contributed by atoms with van der Waals surface area (Å²) in [5, 5.41) is 10.5. The number of methoxy groups -OCH3 is 1. The van der Waals surface area contributed by atoms with Crippen molar-refractivity contribution in [1.29, 1.82) is 0 Å². The number of aliphatic hydroxyl groups excluding tert-OH is 1. The van der Waals surface area contributed by atoms with Gasteiger partial charge in [0.2, 0.25) is 0 Å². The van der Waals surface area contributed by atoms with E-state index in [2.05, 4.69) is 9.97 Å². The van der Waals surface area contributed by atoms with E-state index in [9.17, 15) is 9.90 Å². The largest absolute Gasteiger partial charge is 0.497 e. The van der Waals surface area contributed by atoms with Crippen molar-refractivity contribution in [2.45, 2.75) is 32.0 Å². The average molecular weight is 376 g/mol. The van der Waals surface area contributed by atoms with Gasteiger partial charge in [-0.05, 0) is 48.2 Å². The number of carbonyl (C=O) groups excluding carboxylic acids is 1. The third-order valence-corrected chi connectivity index (χ3v) is 5.31. The van der Waals surface area contributed by atoms with Crippen LogP contribution in [0.25, 0.3) is 10.9 Å². The molecule has 2 amide bonds. The number of aliphatic hydroxyl groups is 1. The summed E-state index contributed by atoms with van der Waals surface area (Å²) in [5.74, 6) is 1.44. The van der Waals surface area contributed by atoms with E-state index in [1.807, 2.05) is 36.4 Å². The van der Waals surface area contributed by atoms with Crippen LogP contribution in [0.1, 0.15) is 24.0 Å². The molecule has 0 bridgehead atoms. The molecule has 7 nitrogen and oxygen atoms in total. The van der Waals surface area contributed by atoms with E-state index in [1.54, 1.807) is 16.9 Å². The van der Waals surface area contributed by atoms with E-state index >= 15 is 0 Å². The van der Waals surface area contributed by atoms with Crippen molar-refractivity contribution in [1.82, 2.24) is 9.97 Å². The Kier molecular flexibility index (Phi) is 3.91. The van der Waals surface area contributed by atoms with Gasteiger partial charge < -0.3 is 9.84 Å². The smallest absolute Gasteiger partial charge is 0.330 e. The Morgan fingerprint density at radius 2 is 1.93 bits per heavy atom. The molecule has 0 unspecified atom stereocenters. The van der Waals surface area contributed by atoms with E-state index in [1.165, 1.54) is 6.33 Å². The third-order valence-electron chi connectivity index (χ3n) is 5.31. The molecule has 1 aliphatic heterocycles. The van der Waals surface area contributed by atoms with Crippen LogP contribution in [0.4, 0.5) is 16.3 Å². The molecule has 1 aromatic heterocycles. The van der Waals surface area contributed by atoms with Crippen molar-refractivity contribution in [2.75, 3.05) is 16.9 Å². The summed E-state index contributed by atoms with van der Waals surface area (Å²) in [5.41, 5.74) is 3.20. The fourth-order valence-corrected chi connectivity index (χ4v) is 3.75. The maximum Gasteiger partial charge on any atom is 0.330 e. The second-order valence-corrected chi connectivity index (χ2v) is 7.18. The predicted molar refractivity (Wildman–Crippen MR) is 106 cm³/mol. The van der Waals surface area contributed by atoms with Gasteiger partial charge in [0, 0.05) is 6.04 Å². The van der Waals surface area contributed by atoms with Crippen LogP contribution in [0.5, 0.6) is 5.75 Å². The first kappa shape index (κ1) is 16.9. The Hall–Kier alpha value is -3.19. The number of nitrogens with zero attached hydrogens (tertiary/aromatic N) is 4. The van der Waals surface area contributed by atoms with Gasteiger partial charge in [0.25, 0.3) is 0 Å². The number of benzene rings is 2. The second-order valence-electron chi connectivity index (χ2n) is 7.18. The molecule has 142 valence electrons. The molecule has 28 heavy (non-hydrogen) atoms. The Morgan fingerprint density at radius 3 is 2.61 bits per heavy atom. The van der Waals surface area contributed by atoms with Crippen molar-refractivity contribution in [2.24, 2.45) is 0 Å². The molecule has 2 aromatic carbocycles. The van der Waals surface area contributed by atoms with E-state index in [-0.39, 0.29) is 18.7 Å². The molecule has 5 rings (SSSR count). The normalized spacial score (nSPS) is 16.0. The standard InChI is InChI=1S/C21H20N4O3/c1-28-16-6-2-13(3-7-16)10-24-18-9-14(11-26)8-17-19(18)20(23-12-22-17)25(21(24)27)15-4-5-15/h2-3,6-9,12,15,26H,4-5,10-11H2,1H3. The Balaban J connectivity index is 1.66. The van der Waals surface area contributed by atoms with Crippen molar-refractivity contribution in [3.63, 3.8) is 0 Å². The maximum absolute atomic E-state index is 13.4. The minimum absolute atomic E-state index is 0.0825. The number of ether oxygens (including phenoxy) is 1. The molecule has 1 saturated carbocycles. The third kappa shape index (κ3) is 2.66. The lowest BCUT2D eigenvalue weighted by Crippen LogP contribution is -2.47. The molecule has 3 aromatic rings. The predicted octanol–water partition coefficient (Wildman–Crippen LogP) is 3.24. The molecule has 2 aliphatic rings. The van der Waals surface area contributed by atoms with E-state index < -0.39 is 0 Å². The molecule has 1 N–H and O–H groups in total. The Bertz CT molecular complexity index is 1060. The molecule has 1 aliphatic carbocycles. The highest BCUT2D eigenvalue weighted by atomic mass is 16.5. The highest BCUT2D eigenvalue weighted by Gasteiger charge is 2.42. The van der Waals surface area contributed by atoms with Crippen LogP contribution in [0, 0.1) is 0 Å². The van der Waals surface area contributed by atoms with Gasteiger partial charge >= 0.3 is 6.03 Å². The fourth-order valence-electron chi connectivity index (χ4n) is 3.75. The fraction of sp³-hybridized carbons (Fsp3) is 0.286. The average Bonchev–Trinajstić information content (AvgIpc) is 3.56. The minimum atomic E-state index is -0.112. The minimum Gasteiger partial charge on any atom is -0.497 e.